The van der Waals surface area contributed by atoms with Gasteiger partial charge in [0.05, 0.1) is 12.1 Å². The van der Waals surface area contributed by atoms with Crippen molar-refractivity contribution in [1.82, 2.24) is 10.1 Å². The van der Waals surface area contributed by atoms with Gasteiger partial charge in [0.1, 0.15) is 5.76 Å². The quantitative estimate of drug-likeness (QED) is 0.536. The highest BCUT2D eigenvalue weighted by Gasteiger charge is 2.12. The third kappa shape index (κ3) is 4.02. The van der Waals surface area contributed by atoms with Crippen LogP contribution in [0, 0.1) is 13.8 Å². The van der Waals surface area contributed by atoms with Crippen LogP contribution >= 0.6 is 0 Å². The van der Waals surface area contributed by atoms with Gasteiger partial charge in [-0.25, -0.2) is 0 Å². The normalized spacial score (nSPS) is 11.0. The molecule has 0 fully saturated rings. The Bertz CT molecular complexity index is 1200. The number of aromatic nitrogens is 2. The first-order valence-corrected chi connectivity index (χ1v) is 9.36. The van der Waals surface area contributed by atoms with E-state index in [1.54, 1.807) is 19.1 Å². The van der Waals surface area contributed by atoms with Gasteiger partial charge in [-0.15, -0.1) is 0 Å². The van der Waals surface area contributed by atoms with E-state index in [1.807, 2.05) is 49.4 Å². The number of hydrogen-bond acceptors (Lipinski definition) is 5. The molecule has 6 heteroatoms. The molecule has 0 radical (unpaired) electrons. The monoisotopic (exact) mass is 387 g/mol. The van der Waals surface area contributed by atoms with Crippen molar-refractivity contribution >= 4 is 22.6 Å². The first-order valence-electron chi connectivity index (χ1n) is 9.36. The number of aryl methyl sites for hydroxylation is 2. The van der Waals surface area contributed by atoms with Crippen molar-refractivity contribution in [2.24, 2.45) is 0 Å². The number of carbonyl (C=O) groups excluding carboxylic acids is 1. The molecule has 0 aliphatic carbocycles. The average Bonchev–Trinajstić information content (AvgIpc) is 3.12. The molecule has 2 aromatic heterocycles. The van der Waals surface area contributed by atoms with Crippen molar-refractivity contribution in [3.05, 3.63) is 88.3 Å². The summed E-state index contributed by atoms with van der Waals surface area (Å²) in [5.74, 6) is 0.785. The molecule has 0 aliphatic heterocycles. The molecule has 0 atom stereocenters. The molecule has 0 aliphatic rings. The second-order valence-corrected chi connectivity index (χ2v) is 7.05. The van der Waals surface area contributed by atoms with E-state index < -0.39 is 0 Å². The van der Waals surface area contributed by atoms with Crippen LogP contribution in [-0.2, 0) is 13.0 Å². The number of amides is 1. The van der Waals surface area contributed by atoms with Crippen LogP contribution in [0.2, 0.25) is 0 Å². The van der Waals surface area contributed by atoms with E-state index in [0.717, 1.165) is 33.3 Å². The Balaban J connectivity index is 1.63. The number of anilines is 1. The second kappa shape index (κ2) is 7.85. The number of rotatable bonds is 5. The Labute approximate surface area is 168 Å². The summed E-state index contributed by atoms with van der Waals surface area (Å²) in [6.07, 6.45) is 0.628. The molecular formula is C23H21N3O3. The SMILES string of the molecule is Cc1cc(CO)c2cccc(Cc3cccc(C(=O)Nc4cc(C)on4)c3)c2n1. The van der Waals surface area contributed by atoms with E-state index in [9.17, 15) is 9.90 Å². The summed E-state index contributed by atoms with van der Waals surface area (Å²) in [5, 5.41) is 17.2. The van der Waals surface area contributed by atoms with Crippen molar-refractivity contribution in [2.45, 2.75) is 26.9 Å². The molecular weight excluding hydrogens is 366 g/mol. The summed E-state index contributed by atoms with van der Waals surface area (Å²) in [7, 11) is 0. The molecule has 4 aromatic rings. The van der Waals surface area contributed by atoms with E-state index in [1.165, 1.54) is 0 Å². The molecule has 146 valence electrons. The summed E-state index contributed by atoms with van der Waals surface area (Å²) in [4.78, 5) is 17.2. The maximum absolute atomic E-state index is 12.5. The highest BCUT2D eigenvalue weighted by atomic mass is 16.5. The smallest absolute Gasteiger partial charge is 0.256 e. The Morgan fingerprint density at radius 1 is 1.07 bits per heavy atom. The molecule has 2 N–H and O–H groups in total. The fourth-order valence-corrected chi connectivity index (χ4v) is 3.45. The average molecular weight is 387 g/mol. The Kier molecular flexibility index (Phi) is 5.10. The lowest BCUT2D eigenvalue weighted by atomic mass is 9.98. The summed E-state index contributed by atoms with van der Waals surface area (Å²) in [6, 6.07) is 17.0. The molecule has 2 aromatic carbocycles. The second-order valence-electron chi connectivity index (χ2n) is 7.05. The lowest BCUT2D eigenvalue weighted by Gasteiger charge is -2.11. The van der Waals surface area contributed by atoms with Crippen molar-refractivity contribution < 1.29 is 14.4 Å². The minimum absolute atomic E-state index is 0.0273. The number of fused-ring (bicyclic) bond motifs is 1. The van der Waals surface area contributed by atoms with Gasteiger partial charge in [-0.05, 0) is 55.2 Å². The predicted octanol–water partition coefficient (Wildman–Crippen LogP) is 4.18. The van der Waals surface area contributed by atoms with E-state index in [0.29, 0.717) is 23.6 Å². The predicted molar refractivity (Wildman–Crippen MR) is 111 cm³/mol. The zero-order valence-electron chi connectivity index (χ0n) is 16.3. The van der Waals surface area contributed by atoms with Gasteiger partial charge < -0.3 is 14.9 Å². The Morgan fingerprint density at radius 2 is 1.90 bits per heavy atom. The molecule has 0 saturated heterocycles. The summed E-state index contributed by atoms with van der Waals surface area (Å²) in [5.41, 5.74) is 5.20. The van der Waals surface area contributed by atoms with Crippen molar-refractivity contribution in [3.8, 4) is 0 Å². The van der Waals surface area contributed by atoms with Gasteiger partial charge >= 0.3 is 0 Å². The molecule has 0 spiro atoms. The molecule has 1 amide bonds. The van der Waals surface area contributed by atoms with Gasteiger partial charge in [-0.1, -0.05) is 35.5 Å². The summed E-state index contributed by atoms with van der Waals surface area (Å²) >= 11 is 0. The lowest BCUT2D eigenvalue weighted by Crippen LogP contribution is -2.12. The van der Waals surface area contributed by atoms with E-state index in [2.05, 4.69) is 15.5 Å². The van der Waals surface area contributed by atoms with Gasteiger partial charge in [-0.3, -0.25) is 9.78 Å². The number of carbonyl (C=O) groups is 1. The zero-order valence-corrected chi connectivity index (χ0v) is 16.3. The first kappa shape index (κ1) is 18.8. The van der Waals surface area contributed by atoms with E-state index in [-0.39, 0.29) is 12.5 Å². The molecule has 4 rings (SSSR count). The van der Waals surface area contributed by atoms with Crippen molar-refractivity contribution in [2.75, 3.05) is 5.32 Å². The largest absolute Gasteiger partial charge is 0.392 e. The number of para-hydroxylation sites is 1. The molecule has 0 unspecified atom stereocenters. The third-order valence-corrected chi connectivity index (χ3v) is 4.76. The minimum atomic E-state index is -0.241. The number of aliphatic hydroxyl groups excluding tert-OH is 1. The molecule has 2 heterocycles. The Morgan fingerprint density at radius 3 is 2.66 bits per heavy atom. The van der Waals surface area contributed by atoms with Crippen LogP contribution in [0.5, 0.6) is 0 Å². The van der Waals surface area contributed by atoms with Crippen LogP contribution in [0.1, 0.15) is 38.5 Å². The number of hydrogen-bond donors (Lipinski definition) is 2. The number of aliphatic hydroxyl groups is 1. The molecule has 29 heavy (non-hydrogen) atoms. The minimum Gasteiger partial charge on any atom is -0.392 e. The molecule has 0 saturated carbocycles. The van der Waals surface area contributed by atoms with Crippen LogP contribution in [-0.4, -0.2) is 21.2 Å². The maximum Gasteiger partial charge on any atom is 0.256 e. The van der Waals surface area contributed by atoms with Gasteiger partial charge in [-0.2, -0.15) is 0 Å². The van der Waals surface area contributed by atoms with Crippen LogP contribution in [0.15, 0.2) is 59.1 Å². The van der Waals surface area contributed by atoms with Gasteiger partial charge in [0.25, 0.3) is 5.91 Å². The van der Waals surface area contributed by atoms with Crippen LogP contribution in [0.25, 0.3) is 10.9 Å². The Hall–Kier alpha value is -3.51. The van der Waals surface area contributed by atoms with Gasteiger partial charge in [0, 0.05) is 22.7 Å². The van der Waals surface area contributed by atoms with Crippen molar-refractivity contribution in [3.63, 3.8) is 0 Å². The number of nitrogens with one attached hydrogen (secondary N) is 1. The van der Waals surface area contributed by atoms with Crippen LogP contribution in [0.3, 0.4) is 0 Å². The van der Waals surface area contributed by atoms with E-state index in [4.69, 9.17) is 4.52 Å². The van der Waals surface area contributed by atoms with Crippen LogP contribution in [0.4, 0.5) is 5.82 Å². The molecule has 0 bridgehead atoms. The van der Waals surface area contributed by atoms with E-state index >= 15 is 0 Å². The number of benzene rings is 2. The standard InChI is InChI=1S/C23H21N3O3/c1-14-9-19(13-27)20-8-4-6-17(22(20)24-14)11-16-5-3-7-18(12-16)23(28)25-21-10-15(2)29-26-21/h3-10,12,27H,11,13H2,1-2H3,(H,25,26,28). The lowest BCUT2D eigenvalue weighted by molar-refractivity contribution is 0.102. The highest BCUT2D eigenvalue weighted by molar-refractivity contribution is 6.03. The first-order chi connectivity index (χ1) is 14.0. The summed E-state index contributed by atoms with van der Waals surface area (Å²) < 4.78 is 4.98. The zero-order chi connectivity index (χ0) is 20.4. The fourth-order valence-electron chi connectivity index (χ4n) is 3.45. The van der Waals surface area contributed by atoms with Crippen molar-refractivity contribution in [1.29, 1.82) is 0 Å². The third-order valence-electron chi connectivity index (χ3n) is 4.76. The van der Waals surface area contributed by atoms with Gasteiger partial charge in [0.15, 0.2) is 5.82 Å². The fraction of sp³-hybridized carbons (Fsp3) is 0.174. The molecule has 6 nitrogen and oxygen atoms in total. The topological polar surface area (TPSA) is 88.2 Å². The van der Waals surface area contributed by atoms with Gasteiger partial charge in [0.2, 0.25) is 0 Å². The maximum atomic E-state index is 12.5. The highest BCUT2D eigenvalue weighted by Crippen LogP contribution is 2.24. The number of nitrogens with zero attached hydrogens (tertiary/aromatic N) is 2. The summed E-state index contributed by atoms with van der Waals surface area (Å²) in [6.45, 7) is 3.66. The van der Waals surface area contributed by atoms with Crippen LogP contribution < -0.4 is 5.32 Å². The number of pyridine rings is 1.